The van der Waals surface area contributed by atoms with Gasteiger partial charge in [0.1, 0.15) is 11.7 Å². The molecule has 0 saturated carbocycles. The summed E-state index contributed by atoms with van der Waals surface area (Å²) in [6, 6.07) is 10.2. The van der Waals surface area contributed by atoms with Crippen molar-refractivity contribution in [3.63, 3.8) is 0 Å². The predicted molar refractivity (Wildman–Crippen MR) is 104 cm³/mol. The molecule has 0 spiro atoms. The molecule has 148 valence electrons. The van der Waals surface area contributed by atoms with Gasteiger partial charge in [-0.2, -0.15) is 0 Å². The summed E-state index contributed by atoms with van der Waals surface area (Å²) in [4.78, 5) is 25.2. The Morgan fingerprint density at radius 1 is 1.29 bits per heavy atom. The molecule has 1 N–H and O–H groups in total. The number of carbonyl (C=O) groups excluding carboxylic acids is 2. The normalized spacial score (nSPS) is 19.8. The van der Waals surface area contributed by atoms with Gasteiger partial charge in [-0.25, -0.2) is 8.42 Å². The van der Waals surface area contributed by atoms with Gasteiger partial charge in [0.25, 0.3) is 0 Å². The molecule has 28 heavy (non-hydrogen) atoms. The van der Waals surface area contributed by atoms with Gasteiger partial charge in [-0.3, -0.25) is 14.3 Å². The van der Waals surface area contributed by atoms with E-state index in [9.17, 15) is 18.0 Å². The lowest BCUT2D eigenvalue weighted by atomic mass is 9.75. The smallest absolute Gasteiger partial charge is 0.317 e. The molecule has 1 aromatic heterocycles. The van der Waals surface area contributed by atoms with Crippen LogP contribution in [0.25, 0.3) is 5.57 Å². The zero-order chi connectivity index (χ0) is 20.3. The van der Waals surface area contributed by atoms with E-state index >= 15 is 0 Å². The van der Waals surface area contributed by atoms with Crippen molar-refractivity contribution in [2.75, 3.05) is 17.6 Å². The summed E-state index contributed by atoms with van der Waals surface area (Å²) in [5.41, 5.74) is 1.79. The Hall–Kier alpha value is -2.87. The highest BCUT2D eigenvalue weighted by molar-refractivity contribution is 7.92. The van der Waals surface area contributed by atoms with E-state index in [1.165, 1.54) is 12.3 Å². The van der Waals surface area contributed by atoms with Crippen LogP contribution in [0.2, 0.25) is 0 Å². The first kappa shape index (κ1) is 19.9. The fraction of sp³-hybridized carbons (Fsp3) is 0.300. The van der Waals surface area contributed by atoms with Crippen molar-refractivity contribution >= 4 is 33.0 Å². The van der Waals surface area contributed by atoms with Crippen LogP contribution in [0.15, 0.2) is 53.2 Å². The lowest BCUT2D eigenvalue weighted by molar-refractivity contribution is -0.151. The van der Waals surface area contributed by atoms with Crippen molar-refractivity contribution in [1.82, 2.24) is 0 Å². The van der Waals surface area contributed by atoms with Gasteiger partial charge in [-0.05, 0) is 54.8 Å². The van der Waals surface area contributed by atoms with E-state index < -0.39 is 27.8 Å². The Labute approximate surface area is 163 Å². The average molecular weight is 403 g/mol. The van der Waals surface area contributed by atoms with Crippen molar-refractivity contribution in [1.29, 1.82) is 0 Å². The monoisotopic (exact) mass is 403 g/mol. The first-order valence-electron chi connectivity index (χ1n) is 8.81. The summed E-state index contributed by atoms with van der Waals surface area (Å²) in [6.45, 7) is 1.87. The summed E-state index contributed by atoms with van der Waals surface area (Å²) in [5, 5.41) is 0. The molecule has 0 amide bonds. The molecule has 2 atom stereocenters. The molecule has 7 nitrogen and oxygen atoms in total. The van der Waals surface area contributed by atoms with E-state index in [0.29, 0.717) is 29.0 Å². The first-order chi connectivity index (χ1) is 13.3. The number of carbonyl (C=O) groups is 2. The number of hydrogen-bond donors (Lipinski definition) is 1. The number of benzene rings is 1. The molecule has 0 bridgehead atoms. The maximum absolute atomic E-state index is 12.8. The molecule has 3 rings (SSSR count). The van der Waals surface area contributed by atoms with Crippen LogP contribution < -0.4 is 4.72 Å². The van der Waals surface area contributed by atoms with Crippen LogP contribution in [0.4, 0.5) is 5.69 Å². The number of sulfonamides is 1. The van der Waals surface area contributed by atoms with E-state index in [4.69, 9.17) is 9.15 Å². The van der Waals surface area contributed by atoms with Crippen LogP contribution >= 0.6 is 0 Å². The number of ether oxygens (including phenoxy) is 1. The van der Waals surface area contributed by atoms with E-state index in [-0.39, 0.29) is 12.4 Å². The first-order valence-corrected chi connectivity index (χ1v) is 10.7. The number of furan rings is 1. The third kappa shape index (κ3) is 4.51. The van der Waals surface area contributed by atoms with Gasteiger partial charge in [0.05, 0.1) is 19.1 Å². The van der Waals surface area contributed by atoms with Crippen molar-refractivity contribution in [2.45, 2.75) is 19.3 Å². The number of ketones is 1. The lowest BCUT2D eigenvalue weighted by Gasteiger charge is -2.27. The van der Waals surface area contributed by atoms with Crippen molar-refractivity contribution in [3.8, 4) is 0 Å². The lowest BCUT2D eigenvalue weighted by Crippen LogP contribution is -2.33. The van der Waals surface area contributed by atoms with Crippen LogP contribution in [-0.4, -0.2) is 33.0 Å². The van der Waals surface area contributed by atoms with E-state index in [1.807, 2.05) is 0 Å². The molecule has 0 radical (unpaired) electrons. The molecular formula is C20H21NO6S. The van der Waals surface area contributed by atoms with Gasteiger partial charge in [-0.1, -0.05) is 12.1 Å². The molecule has 0 fully saturated rings. The maximum atomic E-state index is 12.8. The third-order valence-corrected chi connectivity index (χ3v) is 5.06. The second-order valence-electron chi connectivity index (χ2n) is 6.58. The van der Waals surface area contributed by atoms with Crippen LogP contribution in [0.1, 0.15) is 30.6 Å². The minimum Gasteiger partial charge on any atom is -0.469 e. The Morgan fingerprint density at radius 3 is 2.71 bits per heavy atom. The minimum absolute atomic E-state index is 0.184. The molecule has 8 heteroatoms. The number of anilines is 1. The fourth-order valence-electron chi connectivity index (χ4n) is 3.35. The summed E-state index contributed by atoms with van der Waals surface area (Å²) < 4.78 is 36.0. The molecule has 2 aromatic rings. The largest absolute Gasteiger partial charge is 0.469 e. The van der Waals surface area contributed by atoms with Gasteiger partial charge in [0.15, 0.2) is 5.78 Å². The average Bonchev–Trinajstić information content (AvgIpc) is 3.14. The minimum atomic E-state index is -3.42. The van der Waals surface area contributed by atoms with Crippen molar-refractivity contribution in [3.05, 3.63) is 60.1 Å². The van der Waals surface area contributed by atoms with Crippen molar-refractivity contribution in [2.24, 2.45) is 5.92 Å². The molecular weight excluding hydrogens is 382 g/mol. The van der Waals surface area contributed by atoms with Crippen LogP contribution in [0.3, 0.4) is 0 Å². The molecule has 1 aliphatic carbocycles. The number of allylic oxidation sites excluding steroid dienone is 2. The van der Waals surface area contributed by atoms with E-state index in [0.717, 1.165) is 6.26 Å². The van der Waals surface area contributed by atoms with Gasteiger partial charge in [0, 0.05) is 11.6 Å². The summed E-state index contributed by atoms with van der Waals surface area (Å²) in [6.07, 6.45) is 4.38. The summed E-state index contributed by atoms with van der Waals surface area (Å²) in [5.74, 6) is -1.86. The van der Waals surface area contributed by atoms with Gasteiger partial charge >= 0.3 is 5.97 Å². The number of hydrogen-bond acceptors (Lipinski definition) is 6. The molecule has 0 aliphatic heterocycles. The van der Waals surface area contributed by atoms with E-state index in [1.54, 1.807) is 43.3 Å². The second kappa shape index (κ2) is 8.02. The molecule has 1 aromatic carbocycles. The maximum Gasteiger partial charge on any atom is 0.317 e. The summed E-state index contributed by atoms with van der Waals surface area (Å²) >= 11 is 0. The zero-order valence-electron chi connectivity index (χ0n) is 15.5. The molecule has 0 saturated heterocycles. The number of rotatable bonds is 6. The zero-order valence-corrected chi connectivity index (χ0v) is 16.4. The van der Waals surface area contributed by atoms with Crippen LogP contribution in [0.5, 0.6) is 0 Å². The van der Waals surface area contributed by atoms with Crippen molar-refractivity contribution < 1.29 is 27.2 Å². The highest BCUT2D eigenvalue weighted by atomic mass is 32.2. The second-order valence-corrected chi connectivity index (χ2v) is 8.33. The van der Waals surface area contributed by atoms with E-state index in [2.05, 4.69) is 4.72 Å². The summed E-state index contributed by atoms with van der Waals surface area (Å²) in [7, 11) is -3.42. The van der Waals surface area contributed by atoms with Crippen LogP contribution in [0, 0.1) is 5.92 Å². The molecule has 0 unspecified atom stereocenters. The Morgan fingerprint density at radius 2 is 2.07 bits per heavy atom. The molecule has 1 aliphatic rings. The highest BCUT2D eigenvalue weighted by Crippen LogP contribution is 2.40. The Balaban J connectivity index is 1.97. The Kier molecular flexibility index (Phi) is 5.69. The standard InChI is InChI=1S/C20H21NO6S/c1-3-26-20(23)19-16(18-8-5-9-27-18)11-14(12-17(19)22)13-6-4-7-15(10-13)21-28(2,24)25/h4-10,12,16,19,21H,3,11H2,1-2H3/t16-,19-/m1/s1. The van der Waals surface area contributed by atoms with Crippen LogP contribution in [-0.2, 0) is 24.3 Å². The highest BCUT2D eigenvalue weighted by Gasteiger charge is 2.41. The van der Waals surface area contributed by atoms with Gasteiger partial charge in [0.2, 0.25) is 10.0 Å². The third-order valence-electron chi connectivity index (χ3n) is 4.45. The number of nitrogens with one attached hydrogen (secondary N) is 1. The van der Waals surface area contributed by atoms with Gasteiger partial charge < -0.3 is 9.15 Å². The number of esters is 1. The topological polar surface area (TPSA) is 103 Å². The molecule has 1 heterocycles. The Bertz CT molecular complexity index is 1010. The quantitative estimate of drug-likeness (QED) is 0.588. The predicted octanol–water partition coefficient (Wildman–Crippen LogP) is 2.97. The fourth-order valence-corrected chi connectivity index (χ4v) is 3.91. The SMILES string of the molecule is CCOC(=O)[C@H]1C(=O)C=C(c2cccc(NS(C)(=O)=O)c2)C[C@@H]1c1ccco1. The van der Waals surface area contributed by atoms with Gasteiger partial charge in [-0.15, -0.1) is 0 Å².